The summed E-state index contributed by atoms with van der Waals surface area (Å²) in [7, 11) is -3.83. The van der Waals surface area contributed by atoms with Crippen LogP contribution in [0.2, 0.25) is 5.02 Å². The molecule has 0 fully saturated rings. The largest absolute Gasteiger partial charge is 0.332 e. The third-order valence-electron chi connectivity index (χ3n) is 5.27. The molecule has 3 aromatic rings. The van der Waals surface area contributed by atoms with Crippen molar-refractivity contribution >= 4 is 33.2 Å². The van der Waals surface area contributed by atoms with E-state index in [0.717, 1.165) is 6.42 Å². The monoisotopic (exact) mass is 476 g/mol. The minimum Gasteiger partial charge on any atom is -0.306 e. The van der Waals surface area contributed by atoms with Gasteiger partial charge in [-0.3, -0.25) is 9.67 Å². The molecule has 0 spiro atoms. The van der Waals surface area contributed by atoms with E-state index in [1.54, 1.807) is 24.5 Å². The van der Waals surface area contributed by atoms with Gasteiger partial charge in [-0.15, -0.1) is 0 Å². The molecule has 168 valence electrons. The molecule has 11 heteroatoms. The first kappa shape index (κ1) is 22.2. The molecule has 4 rings (SSSR count). The first-order valence-electron chi connectivity index (χ1n) is 10.0. The lowest BCUT2D eigenvalue weighted by molar-refractivity contribution is 0.256. The van der Waals surface area contributed by atoms with Crippen molar-refractivity contribution < 1.29 is 13.4 Å². The zero-order chi connectivity index (χ0) is 23.0. The molecule has 32 heavy (non-hydrogen) atoms. The third kappa shape index (κ3) is 4.20. The number of halogens is 2. The van der Waals surface area contributed by atoms with E-state index in [1.807, 2.05) is 13.8 Å². The van der Waals surface area contributed by atoms with Crippen LogP contribution in [0.3, 0.4) is 0 Å². The van der Waals surface area contributed by atoms with Crippen molar-refractivity contribution in [3.05, 3.63) is 58.8 Å². The van der Waals surface area contributed by atoms with Crippen molar-refractivity contribution in [1.82, 2.24) is 19.5 Å². The van der Waals surface area contributed by atoms with Crippen molar-refractivity contribution in [2.75, 3.05) is 5.32 Å². The molecule has 0 aliphatic heterocycles. The summed E-state index contributed by atoms with van der Waals surface area (Å²) in [5.41, 5.74) is 2.85. The summed E-state index contributed by atoms with van der Waals surface area (Å²) < 4.78 is 39.5. The number of fused-ring (bicyclic) bond motifs is 1. The molecule has 0 bridgehead atoms. The standard InChI is InChI=1S/C21H22ClFN6O2S/c1-12(2)29-11-17(22)20(27-29)32(24,31)28-21(30)26-19-15-5-3-4-14(15)18(23)10-16(19)13-6-8-25-9-7-13/h6-12H,3-5H2,1-2H3,(H3,24,26,28,30,31). The molecule has 0 saturated carbocycles. The maximum atomic E-state index is 14.7. The Morgan fingerprint density at radius 1 is 1.28 bits per heavy atom. The van der Waals surface area contributed by atoms with Gasteiger partial charge in [0, 0.05) is 30.2 Å². The summed E-state index contributed by atoms with van der Waals surface area (Å²) in [4.78, 5) is 16.8. The van der Waals surface area contributed by atoms with Gasteiger partial charge in [-0.25, -0.2) is 22.9 Å². The van der Waals surface area contributed by atoms with E-state index >= 15 is 0 Å². The van der Waals surface area contributed by atoms with Gasteiger partial charge in [-0.05, 0) is 68.0 Å². The highest BCUT2D eigenvalue weighted by Gasteiger charge is 2.26. The van der Waals surface area contributed by atoms with Crippen LogP contribution in [0.15, 0.2) is 41.8 Å². The van der Waals surface area contributed by atoms with E-state index in [-0.39, 0.29) is 21.9 Å². The van der Waals surface area contributed by atoms with Gasteiger partial charge in [-0.1, -0.05) is 11.6 Å². The summed E-state index contributed by atoms with van der Waals surface area (Å²) in [5.74, 6) is -0.328. The van der Waals surface area contributed by atoms with E-state index in [2.05, 4.69) is 20.1 Å². The first-order chi connectivity index (χ1) is 15.2. The summed E-state index contributed by atoms with van der Waals surface area (Å²) in [6, 6.07) is 3.89. The van der Waals surface area contributed by atoms with Crippen molar-refractivity contribution in [3.8, 4) is 11.1 Å². The van der Waals surface area contributed by atoms with E-state index in [0.29, 0.717) is 40.8 Å². The van der Waals surface area contributed by atoms with Gasteiger partial charge >= 0.3 is 6.03 Å². The van der Waals surface area contributed by atoms with Gasteiger partial charge in [0.2, 0.25) is 0 Å². The number of rotatable bonds is 5. The Morgan fingerprint density at radius 2 is 1.97 bits per heavy atom. The molecular weight excluding hydrogens is 455 g/mol. The third-order valence-corrected chi connectivity index (χ3v) is 6.98. The highest BCUT2D eigenvalue weighted by atomic mass is 35.5. The predicted octanol–water partition coefficient (Wildman–Crippen LogP) is 4.95. The van der Waals surface area contributed by atoms with Crippen molar-refractivity contribution in [2.45, 2.75) is 44.2 Å². The highest BCUT2D eigenvalue weighted by molar-refractivity contribution is 7.91. The van der Waals surface area contributed by atoms with E-state index < -0.39 is 15.9 Å². The topological polar surface area (TPSA) is 113 Å². The summed E-state index contributed by atoms with van der Waals surface area (Å²) >= 11 is 6.11. The van der Waals surface area contributed by atoms with Crippen LogP contribution in [0.5, 0.6) is 0 Å². The molecule has 8 nitrogen and oxygen atoms in total. The van der Waals surface area contributed by atoms with Crippen LogP contribution < -0.4 is 10.0 Å². The smallest absolute Gasteiger partial charge is 0.306 e. The number of carbonyl (C=O) groups excluding carboxylic acids is 1. The lowest BCUT2D eigenvalue weighted by Crippen LogP contribution is -2.34. The molecule has 2 amide bonds. The number of hydrogen-bond donors (Lipinski definition) is 3. The molecule has 1 unspecified atom stereocenters. The normalized spacial score (nSPS) is 14.8. The van der Waals surface area contributed by atoms with Crippen LogP contribution in [-0.4, -0.2) is 25.0 Å². The number of pyridine rings is 1. The second-order valence-corrected chi connectivity index (χ2v) is 9.91. The van der Waals surface area contributed by atoms with Crippen LogP contribution in [-0.2, 0) is 22.8 Å². The minimum atomic E-state index is -3.83. The van der Waals surface area contributed by atoms with Crippen LogP contribution in [0.1, 0.15) is 37.4 Å². The average Bonchev–Trinajstić information content (AvgIpc) is 3.38. The number of urea groups is 1. The van der Waals surface area contributed by atoms with E-state index in [9.17, 15) is 13.4 Å². The number of aromatic nitrogens is 3. The van der Waals surface area contributed by atoms with Gasteiger partial charge in [0.1, 0.15) is 5.82 Å². The zero-order valence-electron chi connectivity index (χ0n) is 17.5. The first-order valence-corrected chi connectivity index (χ1v) is 12.0. The van der Waals surface area contributed by atoms with Gasteiger partial charge in [0.05, 0.1) is 10.7 Å². The lowest BCUT2D eigenvalue weighted by atomic mass is 9.97. The van der Waals surface area contributed by atoms with Crippen LogP contribution in [0, 0.1) is 10.6 Å². The molecule has 1 aromatic carbocycles. The average molecular weight is 477 g/mol. The fourth-order valence-corrected chi connectivity index (χ4v) is 5.17. The lowest BCUT2D eigenvalue weighted by Gasteiger charge is -2.17. The molecule has 2 aromatic heterocycles. The summed E-state index contributed by atoms with van der Waals surface area (Å²) in [6.07, 6.45) is 6.55. The molecule has 1 aliphatic rings. The Morgan fingerprint density at radius 3 is 2.62 bits per heavy atom. The Balaban J connectivity index is 1.67. The fraction of sp³-hybridized carbons (Fsp3) is 0.286. The number of hydrogen-bond acceptors (Lipinski definition) is 5. The number of nitrogens with zero attached hydrogens (tertiary/aromatic N) is 3. The van der Waals surface area contributed by atoms with Gasteiger partial charge in [0.25, 0.3) is 0 Å². The van der Waals surface area contributed by atoms with Crippen LogP contribution >= 0.6 is 11.6 Å². The van der Waals surface area contributed by atoms with Gasteiger partial charge in [0.15, 0.2) is 14.9 Å². The maximum Gasteiger partial charge on any atom is 0.332 e. The Kier molecular flexibility index (Phi) is 5.91. The Bertz CT molecular complexity index is 1290. The molecule has 1 aliphatic carbocycles. The number of carbonyl (C=O) groups is 1. The van der Waals surface area contributed by atoms with E-state index in [4.69, 9.17) is 16.4 Å². The van der Waals surface area contributed by atoms with Crippen molar-refractivity contribution in [1.29, 1.82) is 4.78 Å². The Labute approximate surface area is 190 Å². The van der Waals surface area contributed by atoms with E-state index in [1.165, 1.54) is 16.9 Å². The number of amides is 2. The quantitative estimate of drug-likeness (QED) is 0.483. The van der Waals surface area contributed by atoms with Crippen LogP contribution in [0.4, 0.5) is 14.9 Å². The molecule has 0 radical (unpaired) electrons. The molecule has 3 N–H and O–H groups in total. The second kappa shape index (κ2) is 8.51. The summed E-state index contributed by atoms with van der Waals surface area (Å²) in [5, 5.41) is 6.60. The number of nitrogens with one attached hydrogen (secondary N) is 3. The molecule has 2 heterocycles. The minimum absolute atomic E-state index is 0.0270. The number of benzene rings is 1. The van der Waals surface area contributed by atoms with Crippen molar-refractivity contribution in [2.24, 2.45) is 0 Å². The van der Waals surface area contributed by atoms with Gasteiger partial charge in [-0.2, -0.15) is 5.10 Å². The number of anilines is 1. The van der Waals surface area contributed by atoms with Gasteiger partial charge < -0.3 is 5.32 Å². The van der Waals surface area contributed by atoms with Crippen LogP contribution in [0.25, 0.3) is 11.1 Å². The summed E-state index contributed by atoms with van der Waals surface area (Å²) in [6.45, 7) is 3.71. The zero-order valence-corrected chi connectivity index (χ0v) is 19.1. The molecule has 1 atom stereocenters. The Hall–Kier alpha value is -2.98. The van der Waals surface area contributed by atoms with Crippen molar-refractivity contribution in [3.63, 3.8) is 0 Å². The molecule has 0 saturated heterocycles. The fourth-order valence-electron chi connectivity index (χ4n) is 3.76. The predicted molar refractivity (Wildman–Crippen MR) is 121 cm³/mol. The maximum absolute atomic E-state index is 14.7. The molecular formula is C21H22ClFN6O2S. The second-order valence-electron chi connectivity index (χ2n) is 7.80. The SMILES string of the molecule is CC(C)n1cc(Cl)c(S(=N)(=O)NC(=O)Nc2c(-c3ccncc3)cc(F)c3c2CCC3)n1. The highest BCUT2D eigenvalue weighted by Crippen LogP contribution is 2.39.